The van der Waals surface area contributed by atoms with Gasteiger partial charge in [0.2, 0.25) is 0 Å². The van der Waals surface area contributed by atoms with Crippen LogP contribution in [0.15, 0.2) is 30.5 Å². The highest BCUT2D eigenvalue weighted by atomic mass is 16.5. The van der Waals surface area contributed by atoms with E-state index in [4.69, 9.17) is 10.5 Å². The van der Waals surface area contributed by atoms with Crippen LogP contribution in [0.1, 0.15) is 31.1 Å². The van der Waals surface area contributed by atoms with Crippen molar-refractivity contribution in [3.63, 3.8) is 0 Å². The van der Waals surface area contributed by atoms with Crippen LogP contribution in [-0.4, -0.2) is 16.6 Å². The first-order valence-electron chi connectivity index (χ1n) is 6.44. The van der Waals surface area contributed by atoms with Crippen LogP contribution >= 0.6 is 0 Å². The Morgan fingerprint density at radius 1 is 1.37 bits per heavy atom. The minimum Gasteiger partial charge on any atom is -0.494 e. The Balaban J connectivity index is 2.36. The number of hydrogen-bond acceptors (Lipinski definition) is 4. The fourth-order valence-corrected chi connectivity index (χ4v) is 1.95. The van der Waals surface area contributed by atoms with E-state index >= 15 is 0 Å². The number of benzene rings is 1. The Bertz CT molecular complexity index is 567. The SMILES string of the molecule is CCOc1cccc(-c2ncc(C(C)N)c(C)n2)c1. The van der Waals surface area contributed by atoms with Crippen molar-refractivity contribution in [1.29, 1.82) is 0 Å². The Morgan fingerprint density at radius 3 is 2.79 bits per heavy atom. The normalized spacial score (nSPS) is 12.2. The minimum absolute atomic E-state index is 0.0520. The predicted octanol–water partition coefficient (Wildman–Crippen LogP) is 2.87. The van der Waals surface area contributed by atoms with Crippen LogP contribution in [0.2, 0.25) is 0 Å². The molecule has 0 radical (unpaired) electrons. The van der Waals surface area contributed by atoms with E-state index in [1.54, 1.807) is 6.20 Å². The lowest BCUT2D eigenvalue weighted by Gasteiger charge is -2.10. The molecular weight excluding hydrogens is 238 g/mol. The molecule has 0 aliphatic carbocycles. The second-order valence-corrected chi connectivity index (χ2v) is 4.48. The first-order chi connectivity index (χ1) is 9.11. The Kier molecular flexibility index (Phi) is 4.12. The Labute approximate surface area is 113 Å². The van der Waals surface area contributed by atoms with E-state index in [1.165, 1.54) is 0 Å². The molecular formula is C15H19N3O. The molecule has 0 amide bonds. The molecule has 4 nitrogen and oxygen atoms in total. The number of aromatic nitrogens is 2. The van der Waals surface area contributed by atoms with Crippen molar-refractivity contribution < 1.29 is 4.74 Å². The van der Waals surface area contributed by atoms with Crippen LogP contribution in [0.5, 0.6) is 5.75 Å². The van der Waals surface area contributed by atoms with E-state index < -0.39 is 0 Å². The van der Waals surface area contributed by atoms with Gasteiger partial charge in [-0.15, -0.1) is 0 Å². The van der Waals surface area contributed by atoms with E-state index in [1.807, 2.05) is 45.0 Å². The number of hydrogen-bond donors (Lipinski definition) is 1. The topological polar surface area (TPSA) is 61.0 Å². The van der Waals surface area contributed by atoms with Gasteiger partial charge in [0, 0.05) is 29.1 Å². The van der Waals surface area contributed by atoms with Gasteiger partial charge in [-0.1, -0.05) is 12.1 Å². The quantitative estimate of drug-likeness (QED) is 0.914. The van der Waals surface area contributed by atoms with Gasteiger partial charge in [0.05, 0.1) is 6.61 Å². The molecule has 2 aromatic rings. The van der Waals surface area contributed by atoms with Gasteiger partial charge in [0.15, 0.2) is 5.82 Å². The highest BCUT2D eigenvalue weighted by molar-refractivity contribution is 5.57. The summed E-state index contributed by atoms with van der Waals surface area (Å²) in [5.41, 5.74) is 8.71. The van der Waals surface area contributed by atoms with Gasteiger partial charge in [-0.25, -0.2) is 9.97 Å². The third-order valence-electron chi connectivity index (χ3n) is 2.91. The Morgan fingerprint density at radius 2 is 2.16 bits per heavy atom. The van der Waals surface area contributed by atoms with Gasteiger partial charge in [0.1, 0.15) is 5.75 Å². The van der Waals surface area contributed by atoms with Gasteiger partial charge < -0.3 is 10.5 Å². The molecule has 100 valence electrons. The van der Waals surface area contributed by atoms with Crippen LogP contribution < -0.4 is 10.5 Å². The molecule has 0 spiro atoms. The van der Waals surface area contributed by atoms with Crippen LogP contribution in [0.3, 0.4) is 0 Å². The van der Waals surface area contributed by atoms with Crippen molar-refractivity contribution in [2.45, 2.75) is 26.8 Å². The lowest BCUT2D eigenvalue weighted by Crippen LogP contribution is -2.09. The van der Waals surface area contributed by atoms with E-state index in [-0.39, 0.29) is 6.04 Å². The molecule has 0 bridgehead atoms. The molecule has 1 atom stereocenters. The standard InChI is InChI=1S/C15H19N3O/c1-4-19-13-7-5-6-12(8-13)15-17-9-14(10(2)16)11(3)18-15/h5-10H,4,16H2,1-3H3. The average Bonchev–Trinajstić information content (AvgIpc) is 2.39. The summed E-state index contributed by atoms with van der Waals surface area (Å²) in [6.45, 7) is 6.50. The first-order valence-corrected chi connectivity index (χ1v) is 6.44. The first kappa shape index (κ1) is 13.5. The molecule has 0 saturated carbocycles. The number of nitrogens with two attached hydrogens (primary N) is 1. The van der Waals surface area contributed by atoms with Gasteiger partial charge in [0.25, 0.3) is 0 Å². The molecule has 0 fully saturated rings. The summed E-state index contributed by atoms with van der Waals surface area (Å²) < 4.78 is 5.48. The van der Waals surface area contributed by atoms with Gasteiger partial charge in [-0.2, -0.15) is 0 Å². The second kappa shape index (κ2) is 5.80. The molecule has 1 aromatic heterocycles. The van der Waals surface area contributed by atoms with E-state index in [9.17, 15) is 0 Å². The van der Waals surface area contributed by atoms with E-state index in [0.717, 1.165) is 22.6 Å². The molecule has 2 N–H and O–H groups in total. The van der Waals surface area contributed by atoms with E-state index in [2.05, 4.69) is 9.97 Å². The van der Waals surface area contributed by atoms with Crippen LogP contribution in [-0.2, 0) is 0 Å². The molecule has 1 aromatic carbocycles. The zero-order valence-electron chi connectivity index (χ0n) is 11.6. The molecule has 0 aliphatic heterocycles. The third kappa shape index (κ3) is 3.09. The number of aryl methyl sites for hydroxylation is 1. The maximum atomic E-state index is 5.87. The highest BCUT2D eigenvalue weighted by Gasteiger charge is 2.09. The maximum Gasteiger partial charge on any atom is 0.159 e. The predicted molar refractivity (Wildman–Crippen MR) is 76.0 cm³/mol. The summed E-state index contributed by atoms with van der Waals surface area (Å²) in [6, 6.07) is 7.74. The molecule has 2 rings (SSSR count). The molecule has 0 aliphatic rings. The monoisotopic (exact) mass is 257 g/mol. The Hall–Kier alpha value is -1.94. The van der Waals surface area contributed by atoms with Gasteiger partial charge >= 0.3 is 0 Å². The van der Waals surface area contributed by atoms with Crippen molar-refractivity contribution >= 4 is 0 Å². The highest BCUT2D eigenvalue weighted by Crippen LogP contribution is 2.22. The second-order valence-electron chi connectivity index (χ2n) is 4.48. The third-order valence-corrected chi connectivity index (χ3v) is 2.91. The van der Waals surface area contributed by atoms with Gasteiger partial charge in [-0.05, 0) is 32.9 Å². The summed E-state index contributed by atoms with van der Waals surface area (Å²) in [5, 5.41) is 0. The van der Waals surface area contributed by atoms with Crippen LogP contribution in [0.4, 0.5) is 0 Å². The van der Waals surface area contributed by atoms with Gasteiger partial charge in [-0.3, -0.25) is 0 Å². The number of ether oxygens (including phenoxy) is 1. The fraction of sp³-hybridized carbons (Fsp3) is 0.333. The lowest BCUT2D eigenvalue weighted by molar-refractivity contribution is 0.340. The molecule has 19 heavy (non-hydrogen) atoms. The lowest BCUT2D eigenvalue weighted by atomic mass is 10.1. The van der Waals surface area contributed by atoms with Crippen molar-refractivity contribution in [2.75, 3.05) is 6.61 Å². The molecule has 1 heterocycles. The largest absolute Gasteiger partial charge is 0.494 e. The summed E-state index contributed by atoms with van der Waals surface area (Å²) in [4.78, 5) is 8.90. The smallest absolute Gasteiger partial charge is 0.159 e. The zero-order valence-corrected chi connectivity index (χ0v) is 11.6. The zero-order chi connectivity index (χ0) is 13.8. The van der Waals surface area contributed by atoms with E-state index in [0.29, 0.717) is 12.4 Å². The van der Waals surface area contributed by atoms with Crippen molar-refractivity contribution in [3.8, 4) is 17.1 Å². The van der Waals surface area contributed by atoms with Crippen LogP contribution in [0.25, 0.3) is 11.4 Å². The fourth-order valence-electron chi connectivity index (χ4n) is 1.95. The number of nitrogens with zero attached hydrogens (tertiary/aromatic N) is 2. The maximum absolute atomic E-state index is 5.87. The summed E-state index contributed by atoms with van der Waals surface area (Å²) in [7, 11) is 0. The molecule has 0 saturated heterocycles. The summed E-state index contributed by atoms with van der Waals surface area (Å²) >= 11 is 0. The van der Waals surface area contributed by atoms with Crippen molar-refractivity contribution in [2.24, 2.45) is 5.73 Å². The molecule has 1 unspecified atom stereocenters. The van der Waals surface area contributed by atoms with Crippen molar-refractivity contribution in [1.82, 2.24) is 9.97 Å². The van der Waals surface area contributed by atoms with Crippen LogP contribution in [0, 0.1) is 6.92 Å². The summed E-state index contributed by atoms with van der Waals surface area (Å²) in [5.74, 6) is 1.53. The average molecular weight is 257 g/mol. The van der Waals surface area contributed by atoms with Crippen molar-refractivity contribution in [3.05, 3.63) is 41.7 Å². The number of rotatable bonds is 4. The molecule has 4 heteroatoms. The summed E-state index contributed by atoms with van der Waals surface area (Å²) in [6.07, 6.45) is 1.80. The minimum atomic E-state index is -0.0520.